The number of benzene rings is 1. The van der Waals surface area contributed by atoms with Crippen LogP contribution in [0.2, 0.25) is 0 Å². The van der Waals surface area contributed by atoms with Crippen LogP contribution in [0.3, 0.4) is 0 Å². The quantitative estimate of drug-likeness (QED) is 0.826. The molecule has 1 aliphatic heterocycles. The van der Waals surface area contributed by atoms with E-state index in [-0.39, 0.29) is 10.8 Å². The maximum Gasteiger partial charge on any atom is 0.251 e. The van der Waals surface area contributed by atoms with Crippen LogP contribution in [0, 0.1) is 6.92 Å². The third kappa shape index (κ3) is 3.95. The second-order valence-electron chi connectivity index (χ2n) is 6.20. The molecule has 0 bridgehead atoms. The molecule has 2 heterocycles. The molecule has 26 heavy (non-hydrogen) atoms. The second kappa shape index (κ2) is 7.56. The van der Waals surface area contributed by atoms with Crippen molar-refractivity contribution in [3.63, 3.8) is 0 Å². The highest BCUT2D eigenvalue weighted by molar-refractivity contribution is 7.89. The fourth-order valence-corrected chi connectivity index (χ4v) is 4.22. The van der Waals surface area contributed by atoms with Gasteiger partial charge in [0.05, 0.1) is 24.3 Å². The van der Waals surface area contributed by atoms with Gasteiger partial charge in [-0.25, -0.2) is 8.42 Å². The van der Waals surface area contributed by atoms with E-state index in [1.54, 1.807) is 30.9 Å². The summed E-state index contributed by atoms with van der Waals surface area (Å²) in [4.78, 5) is 12.7. The average molecular weight is 378 g/mol. The summed E-state index contributed by atoms with van der Waals surface area (Å²) in [6, 6.07) is 4.64. The third-order valence-corrected chi connectivity index (χ3v) is 6.17. The summed E-state index contributed by atoms with van der Waals surface area (Å²) in [6.45, 7) is 3.50. The normalized spacial score (nSPS) is 15.8. The van der Waals surface area contributed by atoms with E-state index in [4.69, 9.17) is 4.74 Å². The molecule has 0 saturated carbocycles. The van der Waals surface area contributed by atoms with Gasteiger partial charge >= 0.3 is 0 Å². The monoisotopic (exact) mass is 378 g/mol. The lowest BCUT2D eigenvalue weighted by Crippen LogP contribution is -2.40. The van der Waals surface area contributed by atoms with E-state index in [2.05, 4.69) is 10.4 Å². The lowest BCUT2D eigenvalue weighted by atomic mass is 10.1. The predicted molar refractivity (Wildman–Crippen MR) is 95.1 cm³/mol. The summed E-state index contributed by atoms with van der Waals surface area (Å²) in [5, 5.41) is 6.86. The van der Waals surface area contributed by atoms with E-state index in [1.807, 2.05) is 6.20 Å². The van der Waals surface area contributed by atoms with Gasteiger partial charge in [-0.2, -0.15) is 9.40 Å². The van der Waals surface area contributed by atoms with E-state index in [0.717, 1.165) is 11.1 Å². The van der Waals surface area contributed by atoms with E-state index in [1.165, 1.54) is 16.4 Å². The molecule has 2 aromatic rings. The van der Waals surface area contributed by atoms with Crippen molar-refractivity contribution >= 4 is 15.9 Å². The van der Waals surface area contributed by atoms with Crippen molar-refractivity contribution in [3.05, 3.63) is 47.3 Å². The van der Waals surface area contributed by atoms with Gasteiger partial charge in [0.15, 0.2) is 0 Å². The highest BCUT2D eigenvalue weighted by Gasteiger charge is 2.27. The number of nitrogens with zero attached hydrogens (tertiary/aromatic N) is 3. The molecule has 9 heteroatoms. The lowest BCUT2D eigenvalue weighted by Gasteiger charge is -2.26. The molecule has 0 atom stereocenters. The molecular formula is C17H22N4O4S. The first-order chi connectivity index (χ1) is 12.4. The maximum atomic E-state index is 12.8. The van der Waals surface area contributed by atoms with E-state index in [0.29, 0.717) is 38.4 Å². The molecule has 0 spiro atoms. The van der Waals surface area contributed by atoms with Crippen LogP contribution in [-0.4, -0.2) is 54.7 Å². The number of nitrogens with one attached hydrogen (secondary N) is 1. The Balaban J connectivity index is 1.79. The Labute approximate surface area is 152 Å². The smallest absolute Gasteiger partial charge is 0.251 e. The van der Waals surface area contributed by atoms with Gasteiger partial charge in [0.2, 0.25) is 10.0 Å². The zero-order valence-electron chi connectivity index (χ0n) is 14.8. The molecule has 1 fully saturated rings. The minimum atomic E-state index is -3.64. The summed E-state index contributed by atoms with van der Waals surface area (Å²) in [7, 11) is -1.84. The van der Waals surface area contributed by atoms with Gasteiger partial charge in [-0.1, -0.05) is 6.07 Å². The highest BCUT2D eigenvalue weighted by atomic mass is 32.2. The summed E-state index contributed by atoms with van der Waals surface area (Å²) in [5.41, 5.74) is 1.94. The van der Waals surface area contributed by atoms with Crippen LogP contribution in [0.15, 0.2) is 35.5 Å². The standard InChI is InChI=1S/C17H22N4O4S/c1-13-3-4-15(26(23,24)21-5-7-25-8-6-21)9-16(13)17(22)18-10-14-11-19-20(2)12-14/h3-4,9,11-12H,5-8,10H2,1-2H3,(H,18,22). The van der Waals surface area contributed by atoms with Gasteiger partial charge < -0.3 is 10.1 Å². The fourth-order valence-electron chi connectivity index (χ4n) is 2.78. The number of hydrogen-bond donors (Lipinski definition) is 1. The molecule has 1 aromatic heterocycles. The molecule has 1 amide bonds. The molecule has 1 aromatic carbocycles. The van der Waals surface area contributed by atoms with E-state index >= 15 is 0 Å². The maximum absolute atomic E-state index is 12.8. The topological polar surface area (TPSA) is 93.5 Å². The van der Waals surface area contributed by atoms with Crippen molar-refractivity contribution in [2.45, 2.75) is 18.4 Å². The van der Waals surface area contributed by atoms with Gasteiger partial charge in [0.1, 0.15) is 0 Å². The largest absolute Gasteiger partial charge is 0.379 e. The first-order valence-electron chi connectivity index (χ1n) is 8.32. The first-order valence-corrected chi connectivity index (χ1v) is 9.76. The summed E-state index contributed by atoms with van der Waals surface area (Å²) in [6.07, 6.45) is 3.49. The average Bonchev–Trinajstić information content (AvgIpc) is 3.06. The van der Waals surface area contributed by atoms with Crippen molar-refractivity contribution in [2.24, 2.45) is 7.05 Å². The second-order valence-corrected chi connectivity index (χ2v) is 8.14. The van der Waals surface area contributed by atoms with Crippen LogP contribution in [-0.2, 0) is 28.4 Å². The molecule has 0 aliphatic carbocycles. The Morgan fingerprint density at radius 3 is 2.69 bits per heavy atom. The number of sulfonamides is 1. The molecule has 1 aliphatic rings. The van der Waals surface area contributed by atoms with Gasteiger partial charge in [-0.15, -0.1) is 0 Å². The van der Waals surface area contributed by atoms with Gasteiger partial charge in [0, 0.05) is 44.0 Å². The van der Waals surface area contributed by atoms with Crippen LogP contribution in [0.5, 0.6) is 0 Å². The summed E-state index contributed by atoms with van der Waals surface area (Å²) in [5.74, 6) is -0.314. The molecule has 140 valence electrons. The van der Waals surface area contributed by atoms with Gasteiger partial charge in [0.25, 0.3) is 5.91 Å². The number of amides is 1. The molecule has 1 saturated heterocycles. The van der Waals surface area contributed by atoms with Crippen molar-refractivity contribution < 1.29 is 17.9 Å². The van der Waals surface area contributed by atoms with Crippen molar-refractivity contribution in [3.8, 4) is 0 Å². The van der Waals surface area contributed by atoms with Gasteiger partial charge in [-0.3, -0.25) is 9.48 Å². The number of rotatable bonds is 5. The van der Waals surface area contributed by atoms with Gasteiger partial charge in [-0.05, 0) is 24.6 Å². The lowest BCUT2D eigenvalue weighted by molar-refractivity contribution is 0.0730. The summed E-state index contributed by atoms with van der Waals surface area (Å²) < 4.78 is 33.8. The predicted octanol–water partition coefficient (Wildman–Crippen LogP) is 0.679. The fraction of sp³-hybridized carbons (Fsp3) is 0.412. The summed E-state index contributed by atoms with van der Waals surface area (Å²) >= 11 is 0. The molecular weight excluding hydrogens is 356 g/mol. The van der Waals surface area contributed by atoms with Crippen LogP contribution in [0.1, 0.15) is 21.5 Å². The Morgan fingerprint density at radius 2 is 2.04 bits per heavy atom. The molecule has 0 radical (unpaired) electrons. The van der Waals surface area contributed by atoms with Crippen LogP contribution in [0.4, 0.5) is 0 Å². The number of aryl methyl sites for hydroxylation is 2. The van der Waals surface area contributed by atoms with Crippen LogP contribution < -0.4 is 5.32 Å². The molecule has 3 rings (SSSR count). The van der Waals surface area contributed by atoms with E-state index < -0.39 is 10.0 Å². The zero-order chi connectivity index (χ0) is 18.7. The van der Waals surface area contributed by atoms with E-state index in [9.17, 15) is 13.2 Å². The number of morpholine rings is 1. The van der Waals surface area contributed by atoms with Crippen molar-refractivity contribution in [1.82, 2.24) is 19.4 Å². The first kappa shape index (κ1) is 18.6. The van der Waals surface area contributed by atoms with Crippen molar-refractivity contribution in [1.29, 1.82) is 0 Å². The Bertz CT molecular complexity index is 901. The number of hydrogen-bond acceptors (Lipinski definition) is 5. The number of carbonyl (C=O) groups excluding carboxylic acids is 1. The zero-order valence-corrected chi connectivity index (χ0v) is 15.6. The Morgan fingerprint density at radius 1 is 1.31 bits per heavy atom. The Hall–Kier alpha value is -2.23. The SMILES string of the molecule is Cc1ccc(S(=O)(=O)N2CCOCC2)cc1C(=O)NCc1cnn(C)c1. The van der Waals surface area contributed by atoms with Crippen LogP contribution >= 0.6 is 0 Å². The third-order valence-electron chi connectivity index (χ3n) is 4.27. The number of ether oxygens (including phenoxy) is 1. The number of aromatic nitrogens is 2. The minimum absolute atomic E-state index is 0.122. The molecule has 8 nitrogen and oxygen atoms in total. The number of carbonyl (C=O) groups is 1. The highest BCUT2D eigenvalue weighted by Crippen LogP contribution is 2.20. The Kier molecular flexibility index (Phi) is 5.40. The molecule has 1 N–H and O–H groups in total. The van der Waals surface area contributed by atoms with Crippen molar-refractivity contribution in [2.75, 3.05) is 26.3 Å². The minimum Gasteiger partial charge on any atom is -0.379 e. The van der Waals surface area contributed by atoms with Crippen LogP contribution in [0.25, 0.3) is 0 Å². The molecule has 0 unspecified atom stereocenters.